The van der Waals surface area contributed by atoms with Gasteiger partial charge in [-0.3, -0.25) is 0 Å². The molecule has 2 heteroatoms. The first-order valence-electron chi connectivity index (χ1n) is 6.84. The number of aryl methyl sites for hydroxylation is 1. The van der Waals surface area contributed by atoms with Crippen LogP contribution in [0, 0.1) is 6.92 Å². The summed E-state index contributed by atoms with van der Waals surface area (Å²) in [6.07, 6.45) is 0. The highest BCUT2D eigenvalue weighted by Crippen LogP contribution is 2.28. The third kappa shape index (κ3) is 3.86. The van der Waals surface area contributed by atoms with E-state index in [-0.39, 0.29) is 5.41 Å². The maximum absolute atomic E-state index is 5.92. The topological polar surface area (TPSA) is 9.23 Å². The fraction of sp³-hybridized carbons (Fsp3) is 0.333. The average molecular weight is 333 g/mol. The second-order valence-electron chi connectivity index (χ2n) is 6.15. The van der Waals surface area contributed by atoms with Gasteiger partial charge in [-0.15, -0.1) is 0 Å². The first-order valence-corrected chi connectivity index (χ1v) is 7.64. The van der Waals surface area contributed by atoms with Crippen molar-refractivity contribution in [2.45, 2.75) is 39.7 Å². The lowest BCUT2D eigenvalue weighted by Crippen LogP contribution is -2.11. The van der Waals surface area contributed by atoms with Gasteiger partial charge in [-0.05, 0) is 47.2 Å². The van der Waals surface area contributed by atoms with Gasteiger partial charge in [-0.2, -0.15) is 0 Å². The Bertz CT molecular complexity index is 597. The van der Waals surface area contributed by atoms with Crippen LogP contribution in [0.5, 0.6) is 5.75 Å². The highest BCUT2D eigenvalue weighted by atomic mass is 79.9. The van der Waals surface area contributed by atoms with E-state index in [2.05, 4.69) is 74.0 Å². The maximum atomic E-state index is 5.92. The molecule has 2 rings (SSSR count). The van der Waals surface area contributed by atoms with Gasteiger partial charge < -0.3 is 4.74 Å². The van der Waals surface area contributed by atoms with Gasteiger partial charge in [0.25, 0.3) is 0 Å². The molecule has 0 unspecified atom stereocenters. The summed E-state index contributed by atoms with van der Waals surface area (Å²) in [5, 5.41) is 0. The van der Waals surface area contributed by atoms with Crippen molar-refractivity contribution in [2.75, 3.05) is 0 Å². The van der Waals surface area contributed by atoms with Crippen LogP contribution in [0.15, 0.2) is 46.9 Å². The monoisotopic (exact) mass is 332 g/mol. The molecule has 0 saturated heterocycles. The van der Waals surface area contributed by atoms with Crippen LogP contribution >= 0.6 is 15.9 Å². The molecule has 20 heavy (non-hydrogen) atoms. The summed E-state index contributed by atoms with van der Waals surface area (Å²) in [6, 6.07) is 14.7. The van der Waals surface area contributed by atoms with Crippen LogP contribution < -0.4 is 4.74 Å². The Morgan fingerprint density at radius 2 is 1.80 bits per heavy atom. The molecule has 0 saturated carbocycles. The molecule has 0 aliphatic rings. The summed E-state index contributed by atoms with van der Waals surface area (Å²) in [7, 11) is 0. The van der Waals surface area contributed by atoms with Gasteiger partial charge in [0, 0.05) is 4.47 Å². The maximum Gasteiger partial charge on any atom is 0.122 e. The van der Waals surface area contributed by atoms with Gasteiger partial charge in [-0.25, -0.2) is 0 Å². The number of hydrogen-bond acceptors (Lipinski definition) is 1. The van der Waals surface area contributed by atoms with E-state index < -0.39 is 0 Å². The zero-order valence-corrected chi connectivity index (χ0v) is 14.1. The van der Waals surface area contributed by atoms with E-state index in [0.29, 0.717) is 6.61 Å². The predicted octanol–water partition coefficient (Wildman–Crippen LogP) is 5.63. The normalized spacial score (nSPS) is 11.4. The molecule has 2 aromatic rings. The van der Waals surface area contributed by atoms with E-state index in [4.69, 9.17) is 4.74 Å². The highest BCUT2D eigenvalue weighted by Gasteiger charge is 2.14. The van der Waals surface area contributed by atoms with Gasteiger partial charge in [0.2, 0.25) is 0 Å². The van der Waals surface area contributed by atoms with Crippen LogP contribution in [0.25, 0.3) is 0 Å². The van der Waals surface area contributed by atoms with E-state index in [1.54, 1.807) is 0 Å². The molecule has 2 aromatic carbocycles. The van der Waals surface area contributed by atoms with E-state index in [9.17, 15) is 0 Å². The van der Waals surface area contributed by atoms with Gasteiger partial charge >= 0.3 is 0 Å². The van der Waals surface area contributed by atoms with E-state index in [0.717, 1.165) is 10.2 Å². The highest BCUT2D eigenvalue weighted by molar-refractivity contribution is 9.10. The van der Waals surface area contributed by atoms with Crippen molar-refractivity contribution in [3.8, 4) is 5.75 Å². The van der Waals surface area contributed by atoms with E-state index >= 15 is 0 Å². The van der Waals surface area contributed by atoms with Crippen LogP contribution in [-0.4, -0.2) is 0 Å². The molecule has 0 fully saturated rings. The van der Waals surface area contributed by atoms with Crippen LogP contribution in [0.3, 0.4) is 0 Å². The number of halogens is 1. The lowest BCUT2D eigenvalue weighted by Gasteiger charge is -2.20. The number of ether oxygens (including phenoxy) is 1. The number of benzene rings is 2. The summed E-state index contributed by atoms with van der Waals surface area (Å²) in [4.78, 5) is 0. The van der Waals surface area contributed by atoms with Gasteiger partial charge in [0.15, 0.2) is 0 Å². The summed E-state index contributed by atoms with van der Waals surface area (Å²) in [5.41, 5.74) is 3.86. The zero-order valence-electron chi connectivity index (χ0n) is 12.5. The lowest BCUT2D eigenvalue weighted by molar-refractivity contribution is 0.304. The van der Waals surface area contributed by atoms with E-state index in [1.807, 2.05) is 12.1 Å². The van der Waals surface area contributed by atoms with Crippen molar-refractivity contribution in [3.05, 3.63) is 63.6 Å². The second-order valence-corrected chi connectivity index (χ2v) is 7.06. The SMILES string of the molecule is Cc1cc(C(C)(C)C)ccc1OCc1cccc(Br)c1. The van der Waals surface area contributed by atoms with Crippen molar-refractivity contribution in [1.29, 1.82) is 0 Å². The molecule has 0 amide bonds. The van der Waals surface area contributed by atoms with Gasteiger partial charge in [0.1, 0.15) is 12.4 Å². The van der Waals surface area contributed by atoms with Crippen LogP contribution in [0.4, 0.5) is 0 Å². The third-order valence-electron chi connectivity index (χ3n) is 3.32. The first kappa shape index (κ1) is 15.1. The Kier molecular flexibility index (Phi) is 4.54. The molecule has 106 valence electrons. The van der Waals surface area contributed by atoms with Crippen molar-refractivity contribution >= 4 is 15.9 Å². The molecule has 0 bridgehead atoms. The Labute approximate surface area is 130 Å². The molecular formula is C18H21BrO. The molecular weight excluding hydrogens is 312 g/mol. The summed E-state index contributed by atoms with van der Waals surface area (Å²) in [5.74, 6) is 0.956. The molecule has 0 aliphatic heterocycles. The fourth-order valence-corrected chi connectivity index (χ4v) is 2.51. The van der Waals surface area contributed by atoms with Crippen LogP contribution in [0.2, 0.25) is 0 Å². The quantitative estimate of drug-likeness (QED) is 0.707. The Morgan fingerprint density at radius 1 is 1.05 bits per heavy atom. The number of hydrogen-bond donors (Lipinski definition) is 0. The van der Waals surface area contributed by atoms with Gasteiger partial charge in [-0.1, -0.05) is 61.0 Å². The molecule has 0 aliphatic carbocycles. The van der Waals surface area contributed by atoms with Crippen LogP contribution in [0.1, 0.15) is 37.5 Å². The summed E-state index contributed by atoms with van der Waals surface area (Å²) < 4.78 is 7.01. The molecule has 0 radical (unpaired) electrons. The average Bonchev–Trinajstić information content (AvgIpc) is 2.36. The van der Waals surface area contributed by atoms with Crippen LogP contribution in [-0.2, 0) is 12.0 Å². The van der Waals surface area contributed by atoms with E-state index in [1.165, 1.54) is 16.7 Å². The number of rotatable bonds is 3. The smallest absolute Gasteiger partial charge is 0.122 e. The Morgan fingerprint density at radius 3 is 2.40 bits per heavy atom. The molecule has 0 heterocycles. The Hall–Kier alpha value is -1.28. The van der Waals surface area contributed by atoms with Crippen molar-refractivity contribution in [1.82, 2.24) is 0 Å². The Balaban J connectivity index is 2.11. The van der Waals surface area contributed by atoms with Crippen molar-refractivity contribution in [2.24, 2.45) is 0 Å². The summed E-state index contributed by atoms with van der Waals surface area (Å²) in [6.45, 7) is 9.37. The third-order valence-corrected chi connectivity index (χ3v) is 3.82. The molecule has 0 spiro atoms. The summed E-state index contributed by atoms with van der Waals surface area (Å²) >= 11 is 3.48. The fourth-order valence-electron chi connectivity index (χ4n) is 2.07. The minimum Gasteiger partial charge on any atom is -0.489 e. The first-order chi connectivity index (χ1) is 9.36. The van der Waals surface area contributed by atoms with Crippen molar-refractivity contribution in [3.63, 3.8) is 0 Å². The lowest BCUT2D eigenvalue weighted by atomic mass is 9.86. The second kappa shape index (κ2) is 6.01. The van der Waals surface area contributed by atoms with Gasteiger partial charge in [0.05, 0.1) is 0 Å². The molecule has 0 aromatic heterocycles. The minimum atomic E-state index is 0.174. The molecule has 0 N–H and O–H groups in total. The van der Waals surface area contributed by atoms with Crippen molar-refractivity contribution < 1.29 is 4.74 Å². The molecule has 0 atom stereocenters. The zero-order chi connectivity index (χ0) is 14.8. The largest absolute Gasteiger partial charge is 0.489 e. The predicted molar refractivity (Wildman–Crippen MR) is 88.4 cm³/mol. The molecule has 1 nitrogen and oxygen atoms in total. The standard InChI is InChI=1S/C18H21BrO/c1-13-10-15(18(2,3)4)8-9-17(13)20-12-14-6-5-7-16(19)11-14/h5-11H,12H2,1-4H3. The minimum absolute atomic E-state index is 0.174.